The lowest BCUT2D eigenvalue weighted by Gasteiger charge is -2.10. The molecule has 45 heavy (non-hydrogen) atoms. The van der Waals surface area contributed by atoms with Crippen molar-refractivity contribution in [2.45, 2.75) is 0 Å². The van der Waals surface area contributed by atoms with Crippen LogP contribution in [0.4, 0.5) is 11.4 Å². The summed E-state index contributed by atoms with van der Waals surface area (Å²) in [5.74, 6) is 0. The molecular formula is C43H33NO. The standard InChI is InChI=1S/C43H33NO/c45-32-38-21-19-35(20-22-38)16-15-33-11-13-34(14-12-33)17-18-36-23-27-41(28-24-36)44-42-29-25-37(26-30-42)31-43(39-7-3-1-4-8-39)40-9-5-2-6-10-40/h1-32,44H. The van der Waals surface area contributed by atoms with E-state index in [-0.39, 0.29) is 0 Å². The van der Waals surface area contributed by atoms with Crippen LogP contribution in [0.5, 0.6) is 0 Å². The molecule has 0 spiro atoms. The summed E-state index contributed by atoms with van der Waals surface area (Å²) in [5.41, 5.74) is 12.0. The van der Waals surface area contributed by atoms with Gasteiger partial charge in [-0.15, -0.1) is 0 Å². The molecule has 2 nitrogen and oxygen atoms in total. The van der Waals surface area contributed by atoms with E-state index in [9.17, 15) is 4.79 Å². The second-order valence-corrected chi connectivity index (χ2v) is 10.8. The van der Waals surface area contributed by atoms with Crippen LogP contribution in [0.2, 0.25) is 0 Å². The normalized spacial score (nSPS) is 11.0. The minimum atomic E-state index is 0.685. The van der Waals surface area contributed by atoms with Crippen molar-refractivity contribution in [1.29, 1.82) is 0 Å². The van der Waals surface area contributed by atoms with Gasteiger partial charge in [0.15, 0.2) is 0 Å². The number of hydrogen-bond donors (Lipinski definition) is 1. The van der Waals surface area contributed by atoms with Gasteiger partial charge in [0.2, 0.25) is 0 Å². The molecule has 0 aliphatic rings. The van der Waals surface area contributed by atoms with Crippen molar-refractivity contribution in [2.24, 2.45) is 0 Å². The summed E-state index contributed by atoms with van der Waals surface area (Å²) in [6, 6.07) is 54.0. The van der Waals surface area contributed by atoms with Crippen LogP contribution in [-0.2, 0) is 0 Å². The van der Waals surface area contributed by atoms with Crippen molar-refractivity contribution in [3.63, 3.8) is 0 Å². The van der Waals surface area contributed by atoms with Gasteiger partial charge in [-0.05, 0) is 74.9 Å². The highest BCUT2D eigenvalue weighted by atomic mass is 16.1. The summed E-state index contributed by atoms with van der Waals surface area (Å²) in [4.78, 5) is 10.8. The van der Waals surface area contributed by atoms with Crippen molar-refractivity contribution in [3.05, 3.63) is 202 Å². The Kier molecular flexibility index (Phi) is 9.35. The van der Waals surface area contributed by atoms with Gasteiger partial charge in [0.05, 0.1) is 0 Å². The molecule has 0 atom stereocenters. The second-order valence-electron chi connectivity index (χ2n) is 10.8. The minimum Gasteiger partial charge on any atom is -0.356 e. The topological polar surface area (TPSA) is 29.1 Å². The predicted octanol–water partition coefficient (Wildman–Crippen LogP) is 11.2. The molecule has 0 saturated carbocycles. The van der Waals surface area contributed by atoms with Crippen molar-refractivity contribution in [2.75, 3.05) is 5.32 Å². The van der Waals surface area contributed by atoms with Crippen LogP contribution in [0.3, 0.4) is 0 Å². The van der Waals surface area contributed by atoms with Crippen molar-refractivity contribution in [3.8, 4) is 0 Å². The van der Waals surface area contributed by atoms with Crippen molar-refractivity contribution < 1.29 is 4.79 Å². The first-order valence-corrected chi connectivity index (χ1v) is 15.0. The number of aldehydes is 1. The Morgan fingerprint density at radius 3 is 1.09 bits per heavy atom. The first-order chi connectivity index (χ1) is 22.2. The smallest absolute Gasteiger partial charge is 0.150 e. The fourth-order valence-electron chi connectivity index (χ4n) is 5.03. The molecule has 0 radical (unpaired) electrons. The predicted molar refractivity (Wildman–Crippen MR) is 192 cm³/mol. The quantitative estimate of drug-likeness (QED) is 0.129. The van der Waals surface area contributed by atoms with Crippen LogP contribution in [-0.4, -0.2) is 6.29 Å². The molecule has 0 heterocycles. The molecule has 0 bridgehead atoms. The van der Waals surface area contributed by atoms with E-state index >= 15 is 0 Å². The average Bonchev–Trinajstić information content (AvgIpc) is 3.11. The van der Waals surface area contributed by atoms with E-state index in [0.29, 0.717) is 5.56 Å². The van der Waals surface area contributed by atoms with Gasteiger partial charge >= 0.3 is 0 Å². The zero-order valence-corrected chi connectivity index (χ0v) is 24.9. The largest absolute Gasteiger partial charge is 0.356 e. The first-order valence-electron chi connectivity index (χ1n) is 15.0. The molecule has 0 fully saturated rings. The Balaban J connectivity index is 1.07. The van der Waals surface area contributed by atoms with E-state index in [1.165, 1.54) is 16.7 Å². The van der Waals surface area contributed by atoms with Crippen LogP contribution in [0.1, 0.15) is 49.3 Å². The molecule has 2 heteroatoms. The Morgan fingerprint density at radius 1 is 0.378 bits per heavy atom. The first kappa shape index (κ1) is 29.1. The molecular weight excluding hydrogens is 546 g/mol. The van der Waals surface area contributed by atoms with Gasteiger partial charge in [0, 0.05) is 16.9 Å². The van der Waals surface area contributed by atoms with E-state index in [1.807, 2.05) is 30.3 Å². The fourth-order valence-corrected chi connectivity index (χ4v) is 5.03. The van der Waals surface area contributed by atoms with Gasteiger partial charge < -0.3 is 5.32 Å². The second kappa shape index (κ2) is 14.5. The molecule has 0 aliphatic carbocycles. The van der Waals surface area contributed by atoms with Gasteiger partial charge in [-0.2, -0.15) is 0 Å². The fraction of sp³-hybridized carbons (Fsp3) is 0. The summed E-state index contributed by atoms with van der Waals surface area (Å²) in [5, 5.41) is 3.52. The molecule has 0 amide bonds. The summed E-state index contributed by atoms with van der Waals surface area (Å²) in [6.45, 7) is 0. The maximum Gasteiger partial charge on any atom is 0.150 e. The Bertz CT molecular complexity index is 1870. The lowest BCUT2D eigenvalue weighted by atomic mass is 9.96. The zero-order chi connectivity index (χ0) is 30.7. The highest BCUT2D eigenvalue weighted by Crippen LogP contribution is 2.27. The average molecular weight is 580 g/mol. The number of nitrogens with one attached hydrogen (secondary N) is 1. The summed E-state index contributed by atoms with van der Waals surface area (Å²) in [7, 11) is 0. The Labute approximate surface area is 265 Å². The van der Waals surface area contributed by atoms with E-state index in [2.05, 4.69) is 163 Å². The lowest BCUT2D eigenvalue weighted by Crippen LogP contribution is -1.91. The molecule has 6 rings (SSSR count). The van der Waals surface area contributed by atoms with E-state index in [0.717, 1.165) is 45.5 Å². The van der Waals surface area contributed by atoms with Crippen LogP contribution in [0.25, 0.3) is 36.0 Å². The number of benzene rings is 6. The van der Waals surface area contributed by atoms with Crippen LogP contribution < -0.4 is 5.32 Å². The van der Waals surface area contributed by atoms with Gasteiger partial charge in [-0.3, -0.25) is 4.79 Å². The molecule has 6 aromatic rings. The van der Waals surface area contributed by atoms with E-state index in [1.54, 1.807) is 0 Å². The Morgan fingerprint density at radius 2 is 0.711 bits per heavy atom. The van der Waals surface area contributed by atoms with Crippen molar-refractivity contribution >= 4 is 53.6 Å². The van der Waals surface area contributed by atoms with Gasteiger partial charge in [-0.1, -0.05) is 158 Å². The summed E-state index contributed by atoms with van der Waals surface area (Å²) >= 11 is 0. The molecule has 1 N–H and O–H groups in total. The third-order valence-corrected chi connectivity index (χ3v) is 7.54. The number of carbonyl (C=O) groups excluding carboxylic acids is 1. The summed E-state index contributed by atoms with van der Waals surface area (Å²) in [6.07, 6.45) is 11.5. The highest BCUT2D eigenvalue weighted by molar-refractivity contribution is 5.91. The third kappa shape index (κ3) is 8.10. The Hall–Kier alpha value is -5.99. The van der Waals surface area contributed by atoms with Crippen LogP contribution in [0, 0.1) is 0 Å². The van der Waals surface area contributed by atoms with E-state index < -0.39 is 0 Å². The maximum absolute atomic E-state index is 10.8. The van der Waals surface area contributed by atoms with E-state index in [4.69, 9.17) is 0 Å². The third-order valence-electron chi connectivity index (χ3n) is 7.54. The number of rotatable bonds is 10. The lowest BCUT2D eigenvalue weighted by molar-refractivity contribution is 0.112. The maximum atomic E-state index is 10.8. The number of anilines is 2. The molecule has 216 valence electrons. The van der Waals surface area contributed by atoms with Gasteiger partial charge in [-0.25, -0.2) is 0 Å². The molecule has 6 aromatic carbocycles. The summed E-state index contributed by atoms with van der Waals surface area (Å²) < 4.78 is 0. The number of carbonyl (C=O) groups is 1. The van der Waals surface area contributed by atoms with Gasteiger partial charge in [0.25, 0.3) is 0 Å². The van der Waals surface area contributed by atoms with Gasteiger partial charge in [0.1, 0.15) is 6.29 Å². The highest BCUT2D eigenvalue weighted by Gasteiger charge is 2.05. The molecule has 0 saturated heterocycles. The molecule has 0 unspecified atom stereocenters. The van der Waals surface area contributed by atoms with Crippen LogP contribution >= 0.6 is 0 Å². The molecule has 0 aliphatic heterocycles. The number of hydrogen-bond acceptors (Lipinski definition) is 2. The zero-order valence-electron chi connectivity index (χ0n) is 24.9. The minimum absolute atomic E-state index is 0.685. The van der Waals surface area contributed by atoms with Crippen LogP contribution in [0.15, 0.2) is 158 Å². The SMILES string of the molecule is O=Cc1ccc(C=Cc2ccc(C=Cc3ccc(Nc4ccc(C=C(c5ccccc5)c5ccccc5)cc4)cc3)cc2)cc1. The molecule has 0 aromatic heterocycles. The van der Waals surface area contributed by atoms with Crippen molar-refractivity contribution in [1.82, 2.24) is 0 Å². The monoisotopic (exact) mass is 579 g/mol.